The first kappa shape index (κ1) is 32.2. The van der Waals surface area contributed by atoms with Gasteiger partial charge in [-0.15, -0.1) is 0 Å². The van der Waals surface area contributed by atoms with Gasteiger partial charge in [0.15, 0.2) is 0 Å². The van der Waals surface area contributed by atoms with Gasteiger partial charge in [0.1, 0.15) is 23.2 Å². The Bertz CT molecular complexity index is 1780. The fourth-order valence-corrected chi connectivity index (χ4v) is 10.9. The first-order valence-corrected chi connectivity index (χ1v) is 17.7. The number of hydrogen-bond acceptors (Lipinski definition) is 3. The van der Waals surface area contributed by atoms with Crippen molar-refractivity contribution >= 4 is 45.9 Å². The molecule has 46 heavy (non-hydrogen) atoms. The molecule has 5 nitrogen and oxygen atoms in total. The maximum Gasteiger partial charge on any atom is 0.336 e. The van der Waals surface area contributed by atoms with Crippen LogP contribution in [0.2, 0.25) is 0 Å². The summed E-state index contributed by atoms with van der Waals surface area (Å²) in [5, 5.41) is 22.5. The van der Waals surface area contributed by atoms with Crippen molar-refractivity contribution in [1.82, 2.24) is 0 Å². The van der Waals surface area contributed by atoms with Crippen LogP contribution in [0.4, 0.5) is 0 Å². The van der Waals surface area contributed by atoms with Gasteiger partial charge in [-0.3, -0.25) is 0 Å². The van der Waals surface area contributed by atoms with Crippen LogP contribution in [0.3, 0.4) is 0 Å². The van der Waals surface area contributed by atoms with Crippen LogP contribution in [0.15, 0.2) is 180 Å². The molecule has 0 spiro atoms. The van der Waals surface area contributed by atoms with Gasteiger partial charge in [0.25, 0.3) is 0 Å². The van der Waals surface area contributed by atoms with Gasteiger partial charge in [0, 0.05) is 0 Å². The Balaban J connectivity index is 0.000000188. The van der Waals surface area contributed by atoms with Crippen molar-refractivity contribution in [3.63, 3.8) is 0 Å². The Hall–Kier alpha value is -5.16. The van der Waals surface area contributed by atoms with Gasteiger partial charge in [-0.25, -0.2) is 13.8 Å². The molecule has 0 aromatic heterocycles. The molecule has 0 amide bonds. The van der Waals surface area contributed by atoms with Crippen LogP contribution >= 0.6 is 7.26 Å². The largest absolute Gasteiger partial charge is 0.478 e. The zero-order valence-electron chi connectivity index (χ0n) is 24.8. The average Bonchev–Trinajstić information content (AvgIpc) is 3.12. The summed E-state index contributed by atoms with van der Waals surface area (Å²) in [5.74, 6) is -2.41. The molecule has 0 unspecified atom stereocenters. The third-order valence-corrected chi connectivity index (χ3v) is 13.4. The summed E-state index contributed by atoms with van der Waals surface area (Å²) in [5.41, 5.74) is 1.18. The lowest BCUT2D eigenvalue weighted by Crippen LogP contribution is -2.32. The SMILES string of the molecule is O=C(O)c1ccccc1S(=O)c1ccccc1C(=O)O.c1ccc(C[P+](c2ccccc2)(c2ccccc2)c2ccccc2)cc1. The van der Waals surface area contributed by atoms with E-state index in [9.17, 15) is 13.8 Å². The molecular weight excluding hydrogens is 611 g/mol. The quantitative estimate of drug-likeness (QED) is 0.160. The molecule has 0 fully saturated rings. The van der Waals surface area contributed by atoms with Gasteiger partial charge in [0.05, 0.1) is 37.9 Å². The third-order valence-electron chi connectivity index (χ3n) is 7.49. The molecule has 6 aromatic carbocycles. The summed E-state index contributed by atoms with van der Waals surface area (Å²) in [6.45, 7) is 0. The van der Waals surface area contributed by atoms with E-state index >= 15 is 0 Å². The van der Waals surface area contributed by atoms with Crippen LogP contribution < -0.4 is 15.9 Å². The summed E-state index contributed by atoms with van der Waals surface area (Å²) >= 11 is 0. The van der Waals surface area contributed by atoms with E-state index in [1.165, 1.54) is 57.9 Å². The van der Waals surface area contributed by atoms with Crippen molar-refractivity contribution in [2.45, 2.75) is 16.0 Å². The van der Waals surface area contributed by atoms with Gasteiger partial charge >= 0.3 is 11.9 Å². The molecule has 0 aliphatic carbocycles. The minimum atomic E-state index is -1.87. The van der Waals surface area contributed by atoms with E-state index in [1.54, 1.807) is 12.1 Å². The average molecular weight is 644 g/mol. The molecule has 0 saturated heterocycles. The Morgan fingerprint density at radius 3 is 1.11 bits per heavy atom. The van der Waals surface area contributed by atoms with Crippen molar-refractivity contribution in [2.24, 2.45) is 0 Å². The summed E-state index contributed by atoms with van der Waals surface area (Å²) in [6.07, 6.45) is 1.03. The zero-order valence-corrected chi connectivity index (χ0v) is 26.6. The van der Waals surface area contributed by atoms with Crippen molar-refractivity contribution in [3.05, 3.63) is 187 Å². The van der Waals surface area contributed by atoms with Crippen LogP contribution in [0, 0.1) is 0 Å². The lowest BCUT2D eigenvalue weighted by Gasteiger charge is -2.27. The first-order chi connectivity index (χ1) is 22.4. The molecule has 2 N–H and O–H groups in total. The summed E-state index contributed by atoms with van der Waals surface area (Å²) in [6, 6.07) is 55.7. The van der Waals surface area contributed by atoms with Crippen LogP contribution in [0.5, 0.6) is 0 Å². The van der Waals surface area contributed by atoms with Crippen molar-refractivity contribution in [2.75, 3.05) is 0 Å². The molecule has 7 heteroatoms. The number of carboxylic acid groups (broad SMARTS) is 2. The lowest BCUT2D eigenvalue weighted by molar-refractivity contribution is 0.0683. The summed E-state index contributed by atoms with van der Waals surface area (Å²) < 4.78 is 12.5. The molecule has 0 aliphatic rings. The minimum absolute atomic E-state index is 0.0775. The van der Waals surface area contributed by atoms with Crippen molar-refractivity contribution in [3.8, 4) is 0 Å². The van der Waals surface area contributed by atoms with Crippen LogP contribution in [0.25, 0.3) is 0 Å². The maximum atomic E-state index is 12.5. The summed E-state index contributed by atoms with van der Waals surface area (Å²) in [7, 11) is -3.65. The Labute approximate surface area is 271 Å². The monoisotopic (exact) mass is 643 g/mol. The number of benzene rings is 6. The molecule has 0 saturated carbocycles. The number of aromatic carboxylic acids is 2. The van der Waals surface area contributed by atoms with E-state index < -0.39 is 30.0 Å². The molecule has 6 rings (SSSR count). The van der Waals surface area contributed by atoms with Gasteiger partial charge in [-0.05, 0) is 66.2 Å². The highest BCUT2D eigenvalue weighted by molar-refractivity contribution is 7.95. The van der Waals surface area contributed by atoms with Gasteiger partial charge in [-0.1, -0.05) is 109 Å². The maximum absolute atomic E-state index is 12.5. The van der Waals surface area contributed by atoms with Crippen LogP contribution in [-0.2, 0) is 17.0 Å². The zero-order chi connectivity index (χ0) is 32.4. The Kier molecular flexibility index (Phi) is 10.7. The summed E-state index contributed by atoms with van der Waals surface area (Å²) in [4.78, 5) is 22.4. The van der Waals surface area contributed by atoms with Crippen molar-refractivity contribution < 1.29 is 24.0 Å². The highest BCUT2D eigenvalue weighted by atomic mass is 32.2. The molecule has 228 valence electrons. The highest BCUT2D eigenvalue weighted by Gasteiger charge is 2.45. The number of rotatable bonds is 9. The predicted octanol–water partition coefficient (Wildman–Crippen LogP) is 7.43. The lowest BCUT2D eigenvalue weighted by atomic mass is 10.2. The molecule has 0 heterocycles. The molecule has 0 bridgehead atoms. The molecule has 0 radical (unpaired) electrons. The molecule has 6 aromatic rings. The van der Waals surface area contributed by atoms with Crippen LogP contribution in [-0.4, -0.2) is 26.4 Å². The first-order valence-electron chi connectivity index (χ1n) is 14.6. The smallest absolute Gasteiger partial charge is 0.336 e. The number of carbonyl (C=O) groups is 2. The van der Waals surface area contributed by atoms with Gasteiger partial charge < -0.3 is 10.2 Å². The second kappa shape index (κ2) is 15.2. The van der Waals surface area contributed by atoms with E-state index in [0.717, 1.165) is 6.16 Å². The second-order valence-electron chi connectivity index (χ2n) is 10.3. The highest BCUT2D eigenvalue weighted by Crippen LogP contribution is 2.58. The number of hydrogen-bond donors (Lipinski definition) is 2. The second-order valence-corrected chi connectivity index (χ2v) is 15.2. The standard InChI is InChI=1S/C25H22P.C14H10O5S/c1-5-13-22(14-6-1)21-26(23-15-7-2-8-16-23,24-17-9-3-10-18-24)25-19-11-4-12-20-25;15-13(16)9-5-1-3-7-11(9)20(19)12-8-4-2-6-10(12)14(17)18/h1-20H,21H2;1-8H,(H,15,16)(H,17,18)/q+1;. The molecular formula is C39H32O5PS+. The van der Waals surface area contributed by atoms with Gasteiger partial charge in [-0.2, -0.15) is 0 Å². The Morgan fingerprint density at radius 2 is 0.761 bits per heavy atom. The fraction of sp³-hybridized carbons (Fsp3) is 0.0256. The van der Waals surface area contributed by atoms with E-state index in [-0.39, 0.29) is 20.9 Å². The number of carboxylic acids is 2. The van der Waals surface area contributed by atoms with E-state index in [1.807, 2.05) is 0 Å². The molecule has 0 aliphatic heterocycles. The van der Waals surface area contributed by atoms with E-state index in [4.69, 9.17) is 10.2 Å². The van der Waals surface area contributed by atoms with Crippen molar-refractivity contribution in [1.29, 1.82) is 0 Å². The molecule has 0 atom stereocenters. The van der Waals surface area contributed by atoms with Gasteiger partial charge in [0.2, 0.25) is 0 Å². The van der Waals surface area contributed by atoms with E-state index in [0.29, 0.717) is 0 Å². The third kappa shape index (κ3) is 7.21. The fourth-order valence-electron chi connectivity index (χ4n) is 5.35. The van der Waals surface area contributed by atoms with E-state index in [2.05, 4.69) is 121 Å². The Morgan fingerprint density at radius 1 is 0.457 bits per heavy atom. The minimum Gasteiger partial charge on any atom is -0.478 e. The van der Waals surface area contributed by atoms with Crippen LogP contribution in [0.1, 0.15) is 26.3 Å². The normalized spacial score (nSPS) is 10.9. The topological polar surface area (TPSA) is 91.7 Å². The predicted molar refractivity (Wildman–Crippen MR) is 187 cm³/mol.